The summed E-state index contributed by atoms with van der Waals surface area (Å²) in [6.45, 7) is 9.35. The maximum atomic E-state index is 11.0. The summed E-state index contributed by atoms with van der Waals surface area (Å²) in [7, 11) is 0. The SMILES string of the molecule is C=COCCCCOc1cc(C=O)cc(OCCCCOC=C)c1. The molecule has 1 aromatic carbocycles. The van der Waals surface area contributed by atoms with Gasteiger partial charge in [-0.05, 0) is 37.8 Å². The van der Waals surface area contributed by atoms with Crippen LogP contribution in [0.3, 0.4) is 0 Å². The largest absolute Gasteiger partial charge is 0.502 e. The number of carbonyl (C=O) groups excluding carboxylic acids is 1. The summed E-state index contributed by atoms with van der Waals surface area (Å²) in [6.07, 6.45) is 7.14. The van der Waals surface area contributed by atoms with Gasteiger partial charge in [0, 0.05) is 11.6 Å². The highest BCUT2D eigenvalue weighted by atomic mass is 16.5. The quantitative estimate of drug-likeness (QED) is 0.274. The Kier molecular flexibility index (Phi) is 10.7. The third kappa shape index (κ3) is 8.88. The van der Waals surface area contributed by atoms with Crippen LogP contribution in [0.2, 0.25) is 0 Å². The molecule has 24 heavy (non-hydrogen) atoms. The molecule has 0 saturated carbocycles. The summed E-state index contributed by atoms with van der Waals surface area (Å²) in [5.74, 6) is 1.27. The van der Waals surface area contributed by atoms with E-state index < -0.39 is 0 Å². The van der Waals surface area contributed by atoms with E-state index in [9.17, 15) is 4.79 Å². The molecular weight excluding hydrogens is 308 g/mol. The second kappa shape index (κ2) is 13.0. The first-order valence-electron chi connectivity index (χ1n) is 8.11. The van der Waals surface area contributed by atoms with Crippen molar-refractivity contribution < 1.29 is 23.7 Å². The van der Waals surface area contributed by atoms with E-state index >= 15 is 0 Å². The van der Waals surface area contributed by atoms with Gasteiger partial charge in [-0.2, -0.15) is 0 Å². The molecule has 0 fully saturated rings. The summed E-state index contributed by atoms with van der Waals surface area (Å²) in [6, 6.07) is 5.21. The number of benzene rings is 1. The van der Waals surface area contributed by atoms with Crippen molar-refractivity contribution in [2.24, 2.45) is 0 Å². The van der Waals surface area contributed by atoms with Crippen LogP contribution in [0.1, 0.15) is 36.0 Å². The first-order chi connectivity index (χ1) is 11.8. The fraction of sp³-hybridized carbons (Fsp3) is 0.421. The number of ether oxygens (including phenoxy) is 4. The Morgan fingerprint density at radius 3 is 1.62 bits per heavy atom. The molecule has 1 aromatic rings. The summed E-state index contributed by atoms with van der Waals surface area (Å²) in [5, 5.41) is 0. The second-order valence-electron chi connectivity index (χ2n) is 5.04. The fourth-order valence-electron chi connectivity index (χ4n) is 1.95. The minimum atomic E-state index is 0.535. The Hall–Kier alpha value is -2.43. The summed E-state index contributed by atoms with van der Waals surface area (Å²) in [4.78, 5) is 11.0. The van der Waals surface area contributed by atoms with Crippen molar-refractivity contribution in [3.63, 3.8) is 0 Å². The summed E-state index contributed by atoms with van der Waals surface area (Å²) < 4.78 is 21.5. The molecule has 0 aliphatic carbocycles. The van der Waals surface area contributed by atoms with Crippen LogP contribution in [0.5, 0.6) is 11.5 Å². The third-order valence-electron chi connectivity index (χ3n) is 3.12. The Morgan fingerprint density at radius 1 is 0.750 bits per heavy atom. The molecule has 5 nitrogen and oxygen atoms in total. The molecular formula is C19H26O5. The lowest BCUT2D eigenvalue weighted by Crippen LogP contribution is -2.02. The van der Waals surface area contributed by atoms with Gasteiger partial charge in [-0.15, -0.1) is 0 Å². The first-order valence-corrected chi connectivity index (χ1v) is 8.11. The van der Waals surface area contributed by atoms with Crippen molar-refractivity contribution >= 4 is 6.29 Å². The van der Waals surface area contributed by atoms with Crippen LogP contribution in [-0.2, 0) is 9.47 Å². The smallest absolute Gasteiger partial charge is 0.150 e. The van der Waals surface area contributed by atoms with Crippen LogP contribution < -0.4 is 9.47 Å². The highest BCUT2D eigenvalue weighted by Crippen LogP contribution is 2.22. The molecule has 0 amide bonds. The molecule has 0 unspecified atom stereocenters. The van der Waals surface area contributed by atoms with E-state index in [1.807, 2.05) is 0 Å². The predicted octanol–water partition coefficient (Wildman–Crippen LogP) is 4.14. The zero-order chi connectivity index (χ0) is 17.5. The van der Waals surface area contributed by atoms with E-state index in [0.717, 1.165) is 32.0 Å². The Bertz CT molecular complexity index is 460. The van der Waals surface area contributed by atoms with Crippen LogP contribution in [0, 0.1) is 0 Å². The van der Waals surface area contributed by atoms with Crippen molar-refractivity contribution in [2.45, 2.75) is 25.7 Å². The molecule has 0 aliphatic rings. The lowest BCUT2D eigenvalue weighted by Gasteiger charge is -2.11. The van der Waals surface area contributed by atoms with Crippen molar-refractivity contribution in [3.05, 3.63) is 49.4 Å². The van der Waals surface area contributed by atoms with E-state index in [1.165, 1.54) is 12.5 Å². The second-order valence-corrected chi connectivity index (χ2v) is 5.04. The molecule has 5 heteroatoms. The van der Waals surface area contributed by atoms with Crippen LogP contribution in [0.4, 0.5) is 0 Å². The van der Waals surface area contributed by atoms with Crippen molar-refractivity contribution in [3.8, 4) is 11.5 Å². The van der Waals surface area contributed by atoms with Gasteiger partial charge in [0.05, 0.1) is 39.0 Å². The third-order valence-corrected chi connectivity index (χ3v) is 3.12. The topological polar surface area (TPSA) is 54.0 Å². The van der Waals surface area contributed by atoms with Gasteiger partial charge in [-0.1, -0.05) is 13.2 Å². The Morgan fingerprint density at radius 2 is 1.21 bits per heavy atom. The maximum Gasteiger partial charge on any atom is 0.150 e. The highest BCUT2D eigenvalue weighted by molar-refractivity contribution is 5.76. The van der Waals surface area contributed by atoms with E-state index in [0.29, 0.717) is 43.5 Å². The number of unbranched alkanes of at least 4 members (excludes halogenated alkanes) is 2. The molecule has 0 heterocycles. The molecule has 0 radical (unpaired) electrons. The number of rotatable bonds is 15. The fourth-order valence-corrected chi connectivity index (χ4v) is 1.95. The highest BCUT2D eigenvalue weighted by Gasteiger charge is 2.03. The molecule has 0 spiro atoms. The number of carbonyl (C=O) groups is 1. The molecule has 0 aromatic heterocycles. The van der Waals surface area contributed by atoms with Gasteiger partial charge < -0.3 is 18.9 Å². The Balaban J connectivity index is 2.38. The van der Waals surface area contributed by atoms with Gasteiger partial charge in [-0.3, -0.25) is 4.79 Å². The van der Waals surface area contributed by atoms with Gasteiger partial charge in [-0.25, -0.2) is 0 Å². The number of hydrogen-bond acceptors (Lipinski definition) is 5. The number of hydrogen-bond donors (Lipinski definition) is 0. The molecule has 0 aliphatic heterocycles. The van der Waals surface area contributed by atoms with Crippen LogP contribution in [0.15, 0.2) is 43.9 Å². The predicted molar refractivity (Wildman–Crippen MR) is 93.6 cm³/mol. The van der Waals surface area contributed by atoms with Crippen molar-refractivity contribution in [1.82, 2.24) is 0 Å². The van der Waals surface area contributed by atoms with E-state index in [-0.39, 0.29) is 0 Å². The number of aldehydes is 1. The van der Waals surface area contributed by atoms with Gasteiger partial charge >= 0.3 is 0 Å². The van der Waals surface area contributed by atoms with Crippen molar-refractivity contribution in [2.75, 3.05) is 26.4 Å². The molecule has 0 bridgehead atoms. The summed E-state index contributed by atoms with van der Waals surface area (Å²) >= 11 is 0. The summed E-state index contributed by atoms with van der Waals surface area (Å²) in [5.41, 5.74) is 0.535. The normalized spacial score (nSPS) is 9.83. The van der Waals surface area contributed by atoms with Crippen molar-refractivity contribution in [1.29, 1.82) is 0 Å². The monoisotopic (exact) mass is 334 g/mol. The molecule has 0 atom stereocenters. The van der Waals surface area contributed by atoms with Gasteiger partial charge in [0.15, 0.2) is 0 Å². The molecule has 132 valence electrons. The van der Waals surface area contributed by atoms with E-state index in [1.54, 1.807) is 18.2 Å². The lowest BCUT2D eigenvalue weighted by atomic mass is 10.2. The minimum absolute atomic E-state index is 0.535. The van der Waals surface area contributed by atoms with E-state index in [4.69, 9.17) is 18.9 Å². The molecule has 0 saturated heterocycles. The van der Waals surface area contributed by atoms with Gasteiger partial charge in [0.2, 0.25) is 0 Å². The zero-order valence-corrected chi connectivity index (χ0v) is 14.1. The van der Waals surface area contributed by atoms with Gasteiger partial charge in [0.25, 0.3) is 0 Å². The zero-order valence-electron chi connectivity index (χ0n) is 14.1. The molecule has 0 N–H and O–H groups in total. The van der Waals surface area contributed by atoms with E-state index in [2.05, 4.69) is 13.2 Å². The van der Waals surface area contributed by atoms with Crippen LogP contribution in [-0.4, -0.2) is 32.7 Å². The van der Waals surface area contributed by atoms with Crippen LogP contribution in [0.25, 0.3) is 0 Å². The van der Waals surface area contributed by atoms with Gasteiger partial charge in [0.1, 0.15) is 17.8 Å². The maximum absolute atomic E-state index is 11.0. The minimum Gasteiger partial charge on any atom is -0.502 e. The lowest BCUT2D eigenvalue weighted by molar-refractivity contribution is 0.112. The first kappa shape index (κ1) is 19.6. The van der Waals surface area contributed by atoms with Crippen LogP contribution >= 0.6 is 0 Å². The standard InChI is InChI=1S/C19H26O5/c1-3-21-9-5-7-11-23-18-13-17(16-20)14-19(15-18)24-12-8-6-10-22-4-2/h3-4,13-16H,1-2,5-12H2. The average Bonchev–Trinajstić information content (AvgIpc) is 2.61. The Labute approximate surface area is 143 Å². The average molecular weight is 334 g/mol. The molecule has 1 rings (SSSR count).